The van der Waals surface area contributed by atoms with E-state index in [0.29, 0.717) is 0 Å². The monoisotopic (exact) mass is 184 g/mol. The number of hydrogen-bond acceptors (Lipinski definition) is 2. The maximum absolute atomic E-state index is 5.80. The summed E-state index contributed by atoms with van der Waals surface area (Å²) >= 11 is 0. The molecule has 0 spiro atoms. The van der Waals surface area contributed by atoms with E-state index >= 15 is 0 Å². The number of nitrogens with zero attached hydrogens (tertiary/aromatic N) is 1. The first kappa shape index (κ1) is 11.0. The summed E-state index contributed by atoms with van der Waals surface area (Å²) in [5.41, 5.74) is 5.80. The van der Waals surface area contributed by atoms with Crippen LogP contribution in [0.4, 0.5) is 0 Å². The van der Waals surface area contributed by atoms with Crippen molar-refractivity contribution in [3.63, 3.8) is 0 Å². The molecule has 0 aromatic rings. The van der Waals surface area contributed by atoms with Crippen LogP contribution in [-0.4, -0.2) is 31.1 Å². The summed E-state index contributed by atoms with van der Waals surface area (Å²) in [7, 11) is 2.23. The Hall–Kier alpha value is -0.0800. The van der Waals surface area contributed by atoms with Crippen LogP contribution in [0.2, 0.25) is 0 Å². The molecule has 0 aliphatic heterocycles. The lowest BCUT2D eigenvalue weighted by molar-refractivity contribution is 0.113. The van der Waals surface area contributed by atoms with Crippen LogP contribution in [0.25, 0.3) is 0 Å². The molecular formula is C11H24N2. The second-order valence-corrected chi connectivity index (χ2v) is 4.55. The SMILES string of the molecule is CCN(C)C1CC(C)CCC1CN. The zero-order valence-corrected chi connectivity index (χ0v) is 9.29. The first-order valence-electron chi connectivity index (χ1n) is 5.59. The highest BCUT2D eigenvalue weighted by atomic mass is 15.1. The zero-order chi connectivity index (χ0) is 9.84. The van der Waals surface area contributed by atoms with E-state index in [9.17, 15) is 0 Å². The summed E-state index contributed by atoms with van der Waals surface area (Å²) in [6, 6.07) is 0.735. The highest BCUT2D eigenvalue weighted by Gasteiger charge is 2.29. The Morgan fingerprint density at radius 2 is 2.08 bits per heavy atom. The van der Waals surface area contributed by atoms with Gasteiger partial charge >= 0.3 is 0 Å². The Kier molecular flexibility index (Phi) is 4.20. The largest absolute Gasteiger partial charge is 0.330 e. The van der Waals surface area contributed by atoms with Gasteiger partial charge in [-0.2, -0.15) is 0 Å². The molecule has 1 saturated carbocycles. The number of nitrogens with two attached hydrogens (primary N) is 1. The molecule has 0 radical (unpaired) electrons. The third-order valence-electron chi connectivity index (χ3n) is 3.59. The fourth-order valence-electron chi connectivity index (χ4n) is 2.46. The van der Waals surface area contributed by atoms with E-state index in [4.69, 9.17) is 5.73 Å². The molecule has 0 amide bonds. The molecule has 0 bridgehead atoms. The standard InChI is InChI=1S/C11H24N2/c1-4-13(3)11-7-9(2)5-6-10(11)8-12/h9-11H,4-8,12H2,1-3H3. The summed E-state index contributed by atoms with van der Waals surface area (Å²) in [5.74, 6) is 1.63. The van der Waals surface area contributed by atoms with Gasteiger partial charge in [-0.3, -0.25) is 0 Å². The maximum Gasteiger partial charge on any atom is 0.0135 e. The van der Waals surface area contributed by atoms with Crippen LogP contribution >= 0.6 is 0 Å². The second kappa shape index (κ2) is 4.97. The molecule has 1 fully saturated rings. The van der Waals surface area contributed by atoms with E-state index < -0.39 is 0 Å². The van der Waals surface area contributed by atoms with E-state index in [0.717, 1.165) is 31.0 Å². The molecular weight excluding hydrogens is 160 g/mol. The molecule has 0 aromatic heterocycles. The Balaban J connectivity index is 2.54. The minimum Gasteiger partial charge on any atom is -0.330 e. The number of rotatable bonds is 3. The van der Waals surface area contributed by atoms with Crippen molar-refractivity contribution in [3.05, 3.63) is 0 Å². The van der Waals surface area contributed by atoms with Crippen molar-refractivity contribution in [1.29, 1.82) is 0 Å². The van der Waals surface area contributed by atoms with Gasteiger partial charge in [-0.05, 0) is 44.8 Å². The van der Waals surface area contributed by atoms with Crippen LogP contribution in [0, 0.1) is 11.8 Å². The molecule has 0 saturated heterocycles. The third-order valence-corrected chi connectivity index (χ3v) is 3.59. The van der Waals surface area contributed by atoms with Gasteiger partial charge in [0.25, 0.3) is 0 Å². The van der Waals surface area contributed by atoms with Crippen molar-refractivity contribution in [2.24, 2.45) is 17.6 Å². The van der Waals surface area contributed by atoms with E-state index in [-0.39, 0.29) is 0 Å². The molecule has 3 unspecified atom stereocenters. The van der Waals surface area contributed by atoms with E-state index in [1.807, 2.05) is 0 Å². The van der Waals surface area contributed by atoms with Gasteiger partial charge in [0.1, 0.15) is 0 Å². The summed E-state index contributed by atoms with van der Waals surface area (Å²) < 4.78 is 0. The molecule has 2 N–H and O–H groups in total. The average molecular weight is 184 g/mol. The summed E-state index contributed by atoms with van der Waals surface area (Å²) in [4.78, 5) is 2.47. The van der Waals surface area contributed by atoms with Crippen molar-refractivity contribution < 1.29 is 0 Å². The molecule has 2 nitrogen and oxygen atoms in total. The molecule has 1 aliphatic rings. The van der Waals surface area contributed by atoms with Crippen LogP contribution in [-0.2, 0) is 0 Å². The fraction of sp³-hybridized carbons (Fsp3) is 1.00. The van der Waals surface area contributed by atoms with Crippen LogP contribution < -0.4 is 5.73 Å². The second-order valence-electron chi connectivity index (χ2n) is 4.55. The van der Waals surface area contributed by atoms with Crippen molar-refractivity contribution in [2.45, 2.75) is 39.2 Å². The summed E-state index contributed by atoms with van der Waals surface area (Å²) in [5, 5.41) is 0. The Labute approximate surface area is 82.5 Å². The first-order valence-corrected chi connectivity index (χ1v) is 5.59. The molecule has 1 aliphatic carbocycles. The van der Waals surface area contributed by atoms with Gasteiger partial charge < -0.3 is 10.6 Å². The van der Waals surface area contributed by atoms with Crippen molar-refractivity contribution in [3.8, 4) is 0 Å². The van der Waals surface area contributed by atoms with Crippen LogP contribution in [0.5, 0.6) is 0 Å². The molecule has 0 heterocycles. The lowest BCUT2D eigenvalue weighted by Crippen LogP contribution is -2.44. The van der Waals surface area contributed by atoms with E-state index in [1.54, 1.807) is 0 Å². The van der Waals surface area contributed by atoms with Gasteiger partial charge in [0.05, 0.1) is 0 Å². The predicted molar refractivity (Wildman–Crippen MR) is 57.7 cm³/mol. The van der Waals surface area contributed by atoms with Gasteiger partial charge in [0.15, 0.2) is 0 Å². The predicted octanol–water partition coefficient (Wildman–Crippen LogP) is 1.70. The quantitative estimate of drug-likeness (QED) is 0.723. The lowest BCUT2D eigenvalue weighted by atomic mass is 9.78. The Morgan fingerprint density at radius 3 is 2.62 bits per heavy atom. The minimum absolute atomic E-state index is 0.735. The number of hydrogen-bond donors (Lipinski definition) is 1. The molecule has 3 atom stereocenters. The van der Waals surface area contributed by atoms with Gasteiger partial charge in [0.2, 0.25) is 0 Å². The molecule has 13 heavy (non-hydrogen) atoms. The zero-order valence-electron chi connectivity index (χ0n) is 9.29. The fourth-order valence-corrected chi connectivity index (χ4v) is 2.46. The first-order chi connectivity index (χ1) is 6.19. The molecule has 0 aromatic carbocycles. The highest BCUT2D eigenvalue weighted by Crippen LogP contribution is 2.30. The van der Waals surface area contributed by atoms with Crippen LogP contribution in [0.1, 0.15) is 33.1 Å². The van der Waals surface area contributed by atoms with Crippen LogP contribution in [0.3, 0.4) is 0 Å². The van der Waals surface area contributed by atoms with Crippen molar-refractivity contribution in [2.75, 3.05) is 20.1 Å². The topological polar surface area (TPSA) is 29.3 Å². The third kappa shape index (κ3) is 2.68. The molecule has 2 heteroatoms. The van der Waals surface area contributed by atoms with Gasteiger partial charge in [-0.25, -0.2) is 0 Å². The van der Waals surface area contributed by atoms with Crippen LogP contribution in [0.15, 0.2) is 0 Å². The lowest BCUT2D eigenvalue weighted by Gasteiger charge is -2.39. The smallest absolute Gasteiger partial charge is 0.0135 e. The van der Waals surface area contributed by atoms with E-state index in [1.165, 1.54) is 19.3 Å². The van der Waals surface area contributed by atoms with Gasteiger partial charge in [-0.15, -0.1) is 0 Å². The van der Waals surface area contributed by atoms with Crippen molar-refractivity contribution >= 4 is 0 Å². The Morgan fingerprint density at radius 1 is 1.38 bits per heavy atom. The average Bonchev–Trinajstić information content (AvgIpc) is 2.16. The minimum atomic E-state index is 0.735. The van der Waals surface area contributed by atoms with E-state index in [2.05, 4.69) is 25.8 Å². The highest BCUT2D eigenvalue weighted by molar-refractivity contribution is 4.84. The molecule has 78 valence electrons. The Bertz CT molecular complexity index is 147. The summed E-state index contributed by atoms with van der Waals surface area (Å²) in [6.07, 6.45) is 4.04. The summed E-state index contributed by atoms with van der Waals surface area (Å²) in [6.45, 7) is 6.60. The van der Waals surface area contributed by atoms with Crippen molar-refractivity contribution in [1.82, 2.24) is 4.90 Å². The molecule has 1 rings (SSSR count). The van der Waals surface area contributed by atoms with Gasteiger partial charge in [-0.1, -0.05) is 20.3 Å². The maximum atomic E-state index is 5.80. The normalized spacial score (nSPS) is 35.3. The van der Waals surface area contributed by atoms with Gasteiger partial charge in [0, 0.05) is 6.04 Å².